The van der Waals surface area contributed by atoms with Crippen molar-refractivity contribution in [2.24, 2.45) is 5.92 Å². The summed E-state index contributed by atoms with van der Waals surface area (Å²) < 4.78 is 5.55. The SMILES string of the molecule is C\C=C(/C=C\C(=C\CCC)C(=O)[C@H](C)CC)OCCBr. The molecule has 0 aliphatic rings. The number of unbranched alkanes of at least 4 members (excludes halogenated alkanes) is 1. The van der Waals surface area contributed by atoms with Gasteiger partial charge in [-0.1, -0.05) is 49.2 Å². The van der Waals surface area contributed by atoms with E-state index in [1.807, 2.05) is 45.1 Å². The van der Waals surface area contributed by atoms with E-state index in [1.54, 1.807) is 0 Å². The van der Waals surface area contributed by atoms with E-state index >= 15 is 0 Å². The van der Waals surface area contributed by atoms with Crippen molar-refractivity contribution in [2.45, 2.75) is 47.0 Å². The topological polar surface area (TPSA) is 26.3 Å². The lowest BCUT2D eigenvalue weighted by Gasteiger charge is -2.09. The molecule has 0 rings (SSSR count). The van der Waals surface area contributed by atoms with E-state index in [-0.39, 0.29) is 11.7 Å². The molecule has 3 heteroatoms. The highest BCUT2D eigenvalue weighted by atomic mass is 79.9. The first-order valence-electron chi connectivity index (χ1n) is 7.38. The van der Waals surface area contributed by atoms with Crippen LogP contribution in [0.1, 0.15) is 47.0 Å². The molecule has 2 nitrogen and oxygen atoms in total. The van der Waals surface area contributed by atoms with Gasteiger partial charge in [-0.15, -0.1) is 0 Å². The number of halogens is 1. The van der Waals surface area contributed by atoms with Crippen molar-refractivity contribution in [3.05, 3.63) is 35.6 Å². The van der Waals surface area contributed by atoms with E-state index < -0.39 is 0 Å². The molecule has 0 aliphatic heterocycles. The predicted molar refractivity (Wildman–Crippen MR) is 90.1 cm³/mol. The third kappa shape index (κ3) is 7.68. The molecule has 0 amide bonds. The molecule has 0 aromatic carbocycles. The van der Waals surface area contributed by atoms with Crippen LogP contribution in [0.2, 0.25) is 0 Å². The Balaban J connectivity index is 4.93. The van der Waals surface area contributed by atoms with Crippen molar-refractivity contribution >= 4 is 21.7 Å². The third-order valence-electron chi connectivity index (χ3n) is 3.05. The van der Waals surface area contributed by atoms with E-state index in [0.717, 1.165) is 35.9 Å². The Bertz CT molecular complexity index is 367. The molecule has 0 aliphatic carbocycles. The number of alkyl halides is 1. The summed E-state index contributed by atoms with van der Waals surface area (Å²) in [7, 11) is 0. The lowest BCUT2D eigenvalue weighted by molar-refractivity contribution is -0.118. The number of hydrogen-bond acceptors (Lipinski definition) is 2. The minimum atomic E-state index is 0.0697. The normalized spacial score (nSPS) is 14.7. The maximum absolute atomic E-state index is 12.3. The lowest BCUT2D eigenvalue weighted by Crippen LogP contribution is -2.11. The molecule has 20 heavy (non-hydrogen) atoms. The quantitative estimate of drug-likeness (QED) is 0.236. The highest BCUT2D eigenvalue weighted by Gasteiger charge is 2.13. The zero-order chi connectivity index (χ0) is 15.4. The minimum Gasteiger partial charge on any atom is -0.493 e. The largest absolute Gasteiger partial charge is 0.493 e. The predicted octanol–water partition coefficient (Wildman–Crippen LogP) is 5.20. The van der Waals surface area contributed by atoms with Crippen LogP contribution in [0.15, 0.2) is 35.6 Å². The molecule has 0 fully saturated rings. The van der Waals surface area contributed by atoms with E-state index in [2.05, 4.69) is 22.9 Å². The first kappa shape index (κ1) is 19.2. The summed E-state index contributed by atoms with van der Waals surface area (Å²) in [5.41, 5.74) is 0.794. The molecule has 1 atom stereocenters. The van der Waals surface area contributed by atoms with Crippen molar-refractivity contribution < 1.29 is 9.53 Å². The molecule has 0 heterocycles. The summed E-state index contributed by atoms with van der Waals surface area (Å²) in [6, 6.07) is 0. The second-order valence-corrected chi connectivity index (χ2v) is 5.48. The zero-order valence-electron chi connectivity index (χ0n) is 13.1. The molecule has 0 unspecified atom stereocenters. The third-order valence-corrected chi connectivity index (χ3v) is 3.38. The summed E-state index contributed by atoms with van der Waals surface area (Å²) in [5, 5.41) is 0.794. The van der Waals surface area contributed by atoms with Crippen molar-refractivity contribution in [2.75, 3.05) is 11.9 Å². The Hall–Kier alpha value is -0.830. The van der Waals surface area contributed by atoms with E-state index in [9.17, 15) is 4.79 Å². The molecule has 0 N–H and O–H groups in total. The van der Waals surface area contributed by atoms with Crippen molar-refractivity contribution in [1.82, 2.24) is 0 Å². The van der Waals surface area contributed by atoms with Crippen LogP contribution in [-0.4, -0.2) is 17.7 Å². The Morgan fingerprint density at radius 3 is 2.50 bits per heavy atom. The Morgan fingerprint density at radius 2 is 2.00 bits per heavy atom. The van der Waals surface area contributed by atoms with E-state index in [1.165, 1.54) is 0 Å². The van der Waals surface area contributed by atoms with Gasteiger partial charge in [0, 0.05) is 16.8 Å². The Labute approximate surface area is 132 Å². The van der Waals surface area contributed by atoms with Crippen LogP contribution in [0.4, 0.5) is 0 Å². The van der Waals surface area contributed by atoms with Crippen LogP contribution >= 0.6 is 15.9 Å². The Kier molecular flexibility index (Phi) is 11.5. The number of ketones is 1. The first-order valence-corrected chi connectivity index (χ1v) is 8.50. The fourth-order valence-electron chi connectivity index (χ4n) is 1.58. The fourth-order valence-corrected chi connectivity index (χ4v) is 1.74. The van der Waals surface area contributed by atoms with Crippen LogP contribution in [0, 0.1) is 5.92 Å². The smallest absolute Gasteiger partial charge is 0.165 e. The van der Waals surface area contributed by atoms with Gasteiger partial charge < -0.3 is 4.74 Å². The highest BCUT2D eigenvalue weighted by Crippen LogP contribution is 2.14. The van der Waals surface area contributed by atoms with Gasteiger partial charge in [0.1, 0.15) is 5.76 Å². The number of hydrogen-bond donors (Lipinski definition) is 0. The second kappa shape index (κ2) is 12.0. The minimum absolute atomic E-state index is 0.0697. The molecular weight excluding hydrogens is 316 g/mol. The monoisotopic (exact) mass is 342 g/mol. The molecular formula is C17H27BrO2. The average molecular weight is 343 g/mol. The summed E-state index contributed by atoms with van der Waals surface area (Å²) in [5.74, 6) is 1.08. The van der Waals surface area contributed by atoms with Gasteiger partial charge in [0.05, 0.1) is 6.61 Å². The molecule has 0 saturated heterocycles. The van der Waals surface area contributed by atoms with Crippen LogP contribution in [0.3, 0.4) is 0 Å². The van der Waals surface area contributed by atoms with Crippen molar-refractivity contribution in [3.63, 3.8) is 0 Å². The zero-order valence-corrected chi connectivity index (χ0v) is 14.7. The molecule has 0 aromatic heterocycles. The standard InChI is InChI=1S/C17H27BrO2/c1-5-8-9-15(17(19)14(4)6-2)10-11-16(7-3)20-13-12-18/h7,9-11,14H,5-6,8,12-13H2,1-4H3/b11-10-,15-9-,16-7+/t14-/m1/s1. The second-order valence-electron chi connectivity index (χ2n) is 4.68. The van der Waals surface area contributed by atoms with Gasteiger partial charge in [0.25, 0.3) is 0 Å². The molecule has 0 bridgehead atoms. The molecule has 0 saturated carbocycles. The lowest BCUT2D eigenvalue weighted by atomic mass is 9.95. The van der Waals surface area contributed by atoms with Crippen LogP contribution < -0.4 is 0 Å². The van der Waals surface area contributed by atoms with Gasteiger partial charge in [0.2, 0.25) is 0 Å². The molecule has 0 aromatic rings. The summed E-state index contributed by atoms with van der Waals surface area (Å²) in [4.78, 5) is 12.3. The van der Waals surface area contributed by atoms with Gasteiger partial charge in [-0.2, -0.15) is 0 Å². The van der Waals surface area contributed by atoms with Gasteiger partial charge in [0.15, 0.2) is 5.78 Å². The number of allylic oxidation sites excluding steroid dienone is 5. The van der Waals surface area contributed by atoms with Gasteiger partial charge in [-0.3, -0.25) is 4.79 Å². The maximum atomic E-state index is 12.3. The van der Waals surface area contributed by atoms with Crippen LogP contribution in [0.25, 0.3) is 0 Å². The number of Topliss-reactive ketones (excluding diaryl/α,β-unsaturated/α-hetero) is 1. The average Bonchev–Trinajstić information content (AvgIpc) is 2.48. The van der Waals surface area contributed by atoms with E-state index in [0.29, 0.717) is 6.61 Å². The van der Waals surface area contributed by atoms with Crippen LogP contribution in [-0.2, 0) is 9.53 Å². The summed E-state index contributed by atoms with van der Waals surface area (Å²) in [6.07, 6.45) is 10.5. The number of rotatable bonds is 10. The highest BCUT2D eigenvalue weighted by molar-refractivity contribution is 9.09. The maximum Gasteiger partial charge on any atom is 0.165 e. The summed E-state index contributed by atoms with van der Waals surface area (Å²) >= 11 is 3.33. The van der Waals surface area contributed by atoms with Gasteiger partial charge in [-0.25, -0.2) is 0 Å². The first-order chi connectivity index (χ1) is 9.60. The van der Waals surface area contributed by atoms with Gasteiger partial charge >= 0.3 is 0 Å². The fraction of sp³-hybridized carbons (Fsp3) is 0.588. The number of carbonyl (C=O) groups excluding carboxylic acids is 1. The van der Waals surface area contributed by atoms with Gasteiger partial charge in [-0.05, 0) is 38.0 Å². The molecule has 0 spiro atoms. The molecule has 114 valence electrons. The summed E-state index contributed by atoms with van der Waals surface area (Å²) in [6.45, 7) is 8.69. The number of carbonyl (C=O) groups is 1. The van der Waals surface area contributed by atoms with E-state index in [4.69, 9.17) is 4.74 Å². The van der Waals surface area contributed by atoms with Crippen molar-refractivity contribution in [1.29, 1.82) is 0 Å². The Morgan fingerprint density at radius 1 is 1.30 bits per heavy atom. The van der Waals surface area contributed by atoms with Crippen LogP contribution in [0.5, 0.6) is 0 Å². The van der Waals surface area contributed by atoms with Crippen molar-refractivity contribution in [3.8, 4) is 0 Å². The molecule has 0 radical (unpaired) electrons. The number of ether oxygens (including phenoxy) is 1.